The Bertz CT molecular complexity index is 896. The minimum absolute atomic E-state index is 0.289. The molecule has 2 aromatic heterocycles. The predicted octanol–water partition coefficient (Wildman–Crippen LogP) is 3.15. The molecule has 0 aliphatic rings. The number of hydrogen-bond donors (Lipinski definition) is 1. The monoisotopic (exact) mass is 321 g/mol. The molecule has 0 saturated heterocycles. The Morgan fingerprint density at radius 2 is 1.75 bits per heavy atom. The summed E-state index contributed by atoms with van der Waals surface area (Å²) < 4.78 is 0. The molecule has 0 aliphatic carbocycles. The van der Waals surface area contributed by atoms with E-state index in [-0.39, 0.29) is 11.6 Å². The Balaban J connectivity index is 1.88. The summed E-state index contributed by atoms with van der Waals surface area (Å²) in [4.78, 5) is 18.1. The predicted molar refractivity (Wildman–Crippen MR) is 92.5 cm³/mol. The zero-order valence-corrected chi connectivity index (χ0v) is 14.2. The maximum Gasteiger partial charge on any atom is 0.279 e. The highest BCUT2D eigenvalue weighted by atomic mass is 16.2. The van der Waals surface area contributed by atoms with Gasteiger partial charge in [-0.2, -0.15) is 9.90 Å². The zero-order chi connectivity index (χ0) is 17.3. The first-order chi connectivity index (χ1) is 11.4. The second kappa shape index (κ2) is 6.23. The molecular weight excluding hydrogens is 302 g/mol. The highest BCUT2D eigenvalue weighted by Crippen LogP contribution is 2.16. The molecule has 3 aromatic rings. The fourth-order valence-corrected chi connectivity index (χ4v) is 2.44. The second-order valence-corrected chi connectivity index (χ2v) is 5.89. The topological polar surface area (TPSA) is 72.7 Å². The van der Waals surface area contributed by atoms with E-state index in [4.69, 9.17) is 0 Å². The van der Waals surface area contributed by atoms with E-state index in [2.05, 4.69) is 26.6 Å². The lowest BCUT2D eigenvalue weighted by molar-refractivity contribution is 0.102. The second-order valence-electron chi connectivity index (χ2n) is 5.89. The smallest absolute Gasteiger partial charge is 0.279 e. The molecule has 0 radical (unpaired) electrons. The first-order valence-electron chi connectivity index (χ1n) is 7.69. The van der Waals surface area contributed by atoms with E-state index in [0.717, 1.165) is 16.8 Å². The summed E-state index contributed by atoms with van der Waals surface area (Å²) in [6.07, 6.45) is 1.70. The van der Waals surface area contributed by atoms with Gasteiger partial charge in [0.25, 0.3) is 5.91 Å². The largest absolute Gasteiger partial charge is 0.305 e. The van der Waals surface area contributed by atoms with Crippen molar-refractivity contribution in [1.29, 1.82) is 0 Å². The van der Waals surface area contributed by atoms with Crippen molar-refractivity contribution in [3.05, 3.63) is 64.6 Å². The van der Waals surface area contributed by atoms with Crippen molar-refractivity contribution in [3.63, 3.8) is 0 Å². The molecular formula is C18H19N5O. The van der Waals surface area contributed by atoms with Crippen molar-refractivity contribution in [2.24, 2.45) is 0 Å². The van der Waals surface area contributed by atoms with E-state index >= 15 is 0 Å². The number of aromatic nitrogens is 4. The third kappa shape index (κ3) is 3.17. The summed E-state index contributed by atoms with van der Waals surface area (Å²) in [5.41, 5.74) is 4.97. The third-order valence-corrected chi connectivity index (χ3v) is 3.72. The summed E-state index contributed by atoms with van der Waals surface area (Å²) in [5, 5.41) is 11.5. The SMILES string of the molecule is Cc1ccc(NC(=O)c2nn(-c3ccc(C)cc3C)nc2C)nc1. The van der Waals surface area contributed by atoms with E-state index in [9.17, 15) is 4.79 Å². The Morgan fingerprint density at radius 1 is 1.00 bits per heavy atom. The van der Waals surface area contributed by atoms with Crippen LogP contribution in [0.2, 0.25) is 0 Å². The Morgan fingerprint density at radius 3 is 2.42 bits per heavy atom. The first kappa shape index (κ1) is 15.9. The summed E-state index contributed by atoms with van der Waals surface area (Å²) in [6, 6.07) is 9.66. The quantitative estimate of drug-likeness (QED) is 0.804. The molecule has 1 N–H and O–H groups in total. The Labute approximate surface area is 140 Å². The number of carbonyl (C=O) groups excluding carboxylic acids is 1. The number of nitrogens with one attached hydrogen (secondary N) is 1. The number of carbonyl (C=O) groups is 1. The van der Waals surface area contributed by atoms with E-state index in [0.29, 0.717) is 11.5 Å². The van der Waals surface area contributed by atoms with Gasteiger partial charge in [0.15, 0.2) is 5.69 Å². The molecule has 0 aliphatic heterocycles. The molecule has 2 heterocycles. The van der Waals surface area contributed by atoms with Crippen LogP contribution < -0.4 is 5.32 Å². The molecule has 1 aromatic carbocycles. The fourth-order valence-electron chi connectivity index (χ4n) is 2.44. The number of amides is 1. The molecule has 0 fully saturated rings. The molecule has 0 atom stereocenters. The first-order valence-corrected chi connectivity index (χ1v) is 7.69. The Kier molecular flexibility index (Phi) is 4.12. The van der Waals surface area contributed by atoms with Crippen LogP contribution in [0.1, 0.15) is 32.9 Å². The van der Waals surface area contributed by atoms with E-state index < -0.39 is 0 Å². The number of nitrogens with zero attached hydrogens (tertiary/aromatic N) is 4. The van der Waals surface area contributed by atoms with Gasteiger partial charge in [-0.3, -0.25) is 4.79 Å². The van der Waals surface area contributed by atoms with Gasteiger partial charge < -0.3 is 5.32 Å². The Hall–Kier alpha value is -3.02. The average molecular weight is 321 g/mol. The number of anilines is 1. The molecule has 0 unspecified atom stereocenters. The van der Waals surface area contributed by atoms with Crippen molar-refractivity contribution < 1.29 is 4.79 Å². The van der Waals surface area contributed by atoms with Crippen LogP contribution in [0.5, 0.6) is 0 Å². The van der Waals surface area contributed by atoms with Crippen LogP contribution in [0.15, 0.2) is 36.5 Å². The van der Waals surface area contributed by atoms with E-state index in [1.54, 1.807) is 19.2 Å². The zero-order valence-electron chi connectivity index (χ0n) is 14.2. The normalized spacial score (nSPS) is 10.7. The highest BCUT2D eigenvalue weighted by Gasteiger charge is 2.17. The third-order valence-electron chi connectivity index (χ3n) is 3.72. The van der Waals surface area contributed by atoms with Gasteiger partial charge in [0, 0.05) is 6.20 Å². The van der Waals surface area contributed by atoms with Gasteiger partial charge in [-0.15, -0.1) is 5.10 Å². The molecule has 0 saturated carbocycles. The van der Waals surface area contributed by atoms with E-state index in [1.165, 1.54) is 10.4 Å². The molecule has 0 bridgehead atoms. The number of hydrogen-bond acceptors (Lipinski definition) is 4. The van der Waals surface area contributed by atoms with Crippen LogP contribution >= 0.6 is 0 Å². The average Bonchev–Trinajstić information content (AvgIpc) is 2.91. The summed E-state index contributed by atoms with van der Waals surface area (Å²) in [5.74, 6) is 0.172. The standard InChI is InChI=1S/C18H19N5O/c1-11-5-7-15(13(3)9-11)23-21-14(4)17(22-23)18(24)20-16-8-6-12(2)10-19-16/h5-10H,1-4H3,(H,19,20,24). The minimum atomic E-state index is -0.320. The van der Waals surface area contributed by atoms with Gasteiger partial charge in [0.1, 0.15) is 5.82 Å². The van der Waals surface area contributed by atoms with Gasteiger partial charge in [0.2, 0.25) is 0 Å². The summed E-state index contributed by atoms with van der Waals surface area (Å²) >= 11 is 0. The van der Waals surface area contributed by atoms with Crippen LogP contribution in [-0.2, 0) is 0 Å². The summed E-state index contributed by atoms with van der Waals surface area (Å²) in [6.45, 7) is 7.74. The molecule has 6 nitrogen and oxygen atoms in total. The van der Waals surface area contributed by atoms with Crippen molar-refractivity contribution in [2.75, 3.05) is 5.32 Å². The van der Waals surface area contributed by atoms with Gasteiger partial charge in [-0.1, -0.05) is 23.8 Å². The lowest BCUT2D eigenvalue weighted by Gasteiger charge is -2.05. The fraction of sp³-hybridized carbons (Fsp3) is 0.222. The lowest BCUT2D eigenvalue weighted by atomic mass is 10.1. The van der Waals surface area contributed by atoms with Gasteiger partial charge in [-0.05, 0) is 51.0 Å². The molecule has 1 amide bonds. The van der Waals surface area contributed by atoms with Crippen molar-refractivity contribution >= 4 is 11.7 Å². The molecule has 3 rings (SSSR count). The van der Waals surface area contributed by atoms with Crippen molar-refractivity contribution in [1.82, 2.24) is 20.0 Å². The van der Waals surface area contributed by atoms with Crippen LogP contribution in [0.25, 0.3) is 5.69 Å². The number of pyridine rings is 1. The van der Waals surface area contributed by atoms with Crippen LogP contribution in [0.4, 0.5) is 5.82 Å². The van der Waals surface area contributed by atoms with Crippen LogP contribution in [0.3, 0.4) is 0 Å². The van der Waals surface area contributed by atoms with Crippen LogP contribution in [0, 0.1) is 27.7 Å². The van der Waals surface area contributed by atoms with Crippen LogP contribution in [-0.4, -0.2) is 25.9 Å². The number of aryl methyl sites for hydroxylation is 4. The maximum atomic E-state index is 12.4. The van der Waals surface area contributed by atoms with Gasteiger partial charge in [0.05, 0.1) is 11.4 Å². The molecule has 0 spiro atoms. The highest BCUT2D eigenvalue weighted by molar-refractivity contribution is 6.02. The molecule has 24 heavy (non-hydrogen) atoms. The van der Waals surface area contributed by atoms with Crippen molar-refractivity contribution in [3.8, 4) is 5.69 Å². The number of benzene rings is 1. The van der Waals surface area contributed by atoms with Gasteiger partial charge >= 0.3 is 0 Å². The molecule has 122 valence electrons. The molecule has 6 heteroatoms. The number of rotatable bonds is 3. The van der Waals surface area contributed by atoms with Crippen molar-refractivity contribution in [2.45, 2.75) is 27.7 Å². The maximum absolute atomic E-state index is 12.4. The minimum Gasteiger partial charge on any atom is -0.305 e. The summed E-state index contributed by atoms with van der Waals surface area (Å²) in [7, 11) is 0. The van der Waals surface area contributed by atoms with Gasteiger partial charge in [-0.25, -0.2) is 4.98 Å². The lowest BCUT2D eigenvalue weighted by Crippen LogP contribution is -2.15. The van der Waals surface area contributed by atoms with E-state index in [1.807, 2.05) is 39.0 Å².